The Labute approximate surface area is 181 Å². The van der Waals surface area contributed by atoms with E-state index in [1.165, 1.54) is 24.3 Å². The number of nitrogen functional groups attached to an aromatic ring is 2. The monoisotopic (exact) mass is 444 g/mol. The van der Waals surface area contributed by atoms with Gasteiger partial charge in [-0.1, -0.05) is 32.0 Å². The molecular weight excluding hydrogens is 419 g/mol. The van der Waals surface area contributed by atoms with Crippen molar-refractivity contribution in [3.63, 3.8) is 0 Å². The molecule has 11 heteroatoms. The van der Waals surface area contributed by atoms with Crippen LogP contribution in [0.2, 0.25) is 0 Å². The van der Waals surface area contributed by atoms with Crippen LogP contribution in [-0.2, 0) is 13.1 Å². The molecule has 0 radical (unpaired) electrons. The molecule has 2 heterocycles. The first kappa shape index (κ1) is 22.8. The van der Waals surface area contributed by atoms with E-state index >= 15 is 0 Å². The van der Waals surface area contributed by atoms with Crippen molar-refractivity contribution in [1.29, 1.82) is 0 Å². The number of nitrogens with two attached hydrogens (primary N) is 2. The van der Waals surface area contributed by atoms with Crippen LogP contribution in [0.25, 0.3) is 0 Å². The maximum absolute atomic E-state index is 15.0. The number of halogens is 1. The molecule has 0 aliphatic heterocycles. The lowest BCUT2D eigenvalue weighted by molar-refractivity contribution is 0.582. The highest BCUT2D eigenvalue weighted by atomic mass is 19.1. The van der Waals surface area contributed by atoms with Gasteiger partial charge in [-0.15, -0.1) is 0 Å². The number of anilines is 2. The molecule has 2 aromatic heterocycles. The van der Waals surface area contributed by atoms with Crippen LogP contribution in [0.4, 0.5) is 16.0 Å². The highest BCUT2D eigenvalue weighted by Crippen LogP contribution is 2.33. The maximum Gasteiger partial charge on any atom is 0.329 e. The number of benzene rings is 1. The molecule has 0 bridgehead atoms. The highest BCUT2D eigenvalue weighted by Gasteiger charge is 2.32. The summed E-state index contributed by atoms with van der Waals surface area (Å²) in [5.74, 6) is -2.70. The van der Waals surface area contributed by atoms with Gasteiger partial charge in [-0.3, -0.25) is 28.7 Å². The summed E-state index contributed by atoms with van der Waals surface area (Å²) >= 11 is 0. The van der Waals surface area contributed by atoms with E-state index in [4.69, 9.17) is 11.5 Å². The maximum atomic E-state index is 15.0. The van der Waals surface area contributed by atoms with Crippen molar-refractivity contribution in [3.05, 3.63) is 88.4 Å². The SMILES string of the molecule is CCCn1c(=O)[nH]c(N)c(C(c2ccccc2F)c2c(N)[nH]c(=O)n(CCC)c2=O)c1=O. The van der Waals surface area contributed by atoms with Gasteiger partial charge in [0.25, 0.3) is 11.1 Å². The smallest absolute Gasteiger partial charge is 0.329 e. The summed E-state index contributed by atoms with van der Waals surface area (Å²) in [7, 11) is 0. The second-order valence-electron chi connectivity index (χ2n) is 7.38. The van der Waals surface area contributed by atoms with E-state index in [0.717, 1.165) is 9.13 Å². The molecule has 0 saturated carbocycles. The number of nitrogens with zero attached hydrogens (tertiary/aromatic N) is 2. The van der Waals surface area contributed by atoms with Crippen molar-refractivity contribution in [1.82, 2.24) is 19.1 Å². The Bertz CT molecular complexity index is 1300. The Kier molecular flexibility index (Phi) is 6.47. The average molecular weight is 444 g/mol. The minimum Gasteiger partial charge on any atom is -0.385 e. The lowest BCUT2D eigenvalue weighted by Gasteiger charge is -2.22. The van der Waals surface area contributed by atoms with Gasteiger partial charge in [-0.2, -0.15) is 0 Å². The van der Waals surface area contributed by atoms with Gasteiger partial charge in [0.15, 0.2) is 0 Å². The Morgan fingerprint density at radius 3 is 1.69 bits per heavy atom. The second-order valence-corrected chi connectivity index (χ2v) is 7.38. The molecule has 1 aromatic carbocycles. The molecule has 170 valence electrons. The largest absolute Gasteiger partial charge is 0.385 e. The van der Waals surface area contributed by atoms with Crippen LogP contribution in [0, 0.1) is 5.82 Å². The minimum absolute atomic E-state index is 0.0507. The van der Waals surface area contributed by atoms with Gasteiger partial charge in [0.2, 0.25) is 0 Å². The lowest BCUT2D eigenvalue weighted by atomic mass is 9.86. The van der Waals surface area contributed by atoms with Gasteiger partial charge in [-0.05, 0) is 18.9 Å². The van der Waals surface area contributed by atoms with Gasteiger partial charge in [-0.25, -0.2) is 14.0 Å². The van der Waals surface area contributed by atoms with Crippen LogP contribution >= 0.6 is 0 Å². The normalized spacial score (nSPS) is 11.2. The summed E-state index contributed by atoms with van der Waals surface area (Å²) in [6.45, 7) is 3.73. The third kappa shape index (κ3) is 3.88. The van der Waals surface area contributed by atoms with E-state index < -0.39 is 34.2 Å². The summed E-state index contributed by atoms with van der Waals surface area (Å²) < 4.78 is 16.8. The van der Waals surface area contributed by atoms with Crippen LogP contribution < -0.4 is 34.0 Å². The lowest BCUT2D eigenvalue weighted by Crippen LogP contribution is -2.42. The van der Waals surface area contributed by atoms with Gasteiger partial charge in [0, 0.05) is 18.7 Å². The Balaban J connectivity index is 2.50. The van der Waals surface area contributed by atoms with Crippen LogP contribution in [0.3, 0.4) is 0 Å². The number of nitrogens with one attached hydrogen (secondary N) is 2. The zero-order valence-corrected chi connectivity index (χ0v) is 17.8. The van der Waals surface area contributed by atoms with Crippen LogP contribution in [-0.4, -0.2) is 19.1 Å². The molecule has 0 fully saturated rings. The molecule has 0 atom stereocenters. The van der Waals surface area contributed by atoms with E-state index in [0.29, 0.717) is 12.8 Å². The number of hydrogen-bond donors (Lipinski definition) is 4. The molecule has 0 saturated heterocycles. The molecule has 6 N–H and O–H groups in total. The van der Waals surface area contributed by atoms with Crippen molar-refractivity contribution in [2.45, 2.75) is 45.7 Å². The van der Waals surface area contributed by atoms with Gasteiger partial charge in [0.1, 0.15) is 17.5 Å². The molecule has 0 spiro atoms. The van der Waals surface area contributed by atoms with Crippen molar-refractivity contribution in [3.8, 4) is 0 Å². The highest BCUT2D eigenvalue weighted by molar-refractivity contribution is 5.56. The third-order valence-corrected chi connectivity index (χ3v) is 5.19. The number of aromatic amines is 2. The van der Waals surface area contributed by atoms with Crippen molar-refractivity contribution in [2.75, 3.05) is 11.5 Å². The quantitative estimate of drug-likeness (QED) is 0.419. The van der Waals surface area contributed by atoms with Crippen LogP contribution in [0.1, 0.15) is 49.3 Å². The summed E-state index contributed by atoms with van der Waals surface area (Å²) in [4.78, 5) is 56.0. The first-order valence-corrected chi connectivity index (χ1v) is 10.2. The number of H-pyrrole nitrogens is 2. The minimum atomic E-state index is -1.36. The first-order chi connectivity index (χ1) is 15.2. The van der Waals surface area contributed by atoms with Crippen molar-refractivity contribution in [2.24, 2.45) is 0 Å². The summed E-state index contributed by atoms with van der Waals surface area (Å²) in [6, 6.07) is 5.54. The molecule has 0 aliphatic rings. The van der Waals surface area contributed by atoms with Crippen molar-refractivity contribution >= 4 is 11.6 Å². The molecular formula is C21H25FN6O4. The fourth-order valence-electron chi connectivity index (χ4n) is 3.78. The second kappa shape index (κ2) is 9.08. The van der Waals surface area contributed by atoms with E-state index in [1.807, 2.05) is 0 Å². The molecule has 0 amide bonds. The number of rotatable bonds is 7. The van der Waals surface area contributed by atoms with Gasteiger partial charge < -0.3 is 11.5 Å². The fraction of sp³-hybridized carbons (Fsp3) is 0.333. The average Bonchev–Trinajstić information content (AvgIpc) is 2.73. The molecule has 3 aromatic rings. The number of hydrogen-bond acceptors (Lipinski definition) is 6. The van der Waals surface area contributed by atoms with Gasteiger partial charge in [0.05, 0.1) is 17.0 Å². The molecule has 3 rings (SSSR count). The Morgan fingerprint density at radius 2 is 1.28 bits per heavy atom. The first-order valence-electron chi connectivity index (χ1n) is 10.2. The van der Waals surface area contributed by atoms with E-state index in [1.54, 1.807) is 13.8 Å². The predicted octanol–water partition coefficient (Wildman–Crippen LogP) is 0.690. The molecule has 10 nitrogen and oxygen atoms in total. The van der Waals surface area contributed by atoms with Crippen LogP contribution in [0.5, 0.6) is 0 Å². The number of aromatic nitrogens is 4. The predicted molar refractivity (Wildman–Crippen MR) is 119 cm³/mol. The van der Waals surface area contributed by atoms with E-state index in [9.17, 15) is 23.6 Å². The summed E-state index contributed by atoms with van der Waals surface area (Å²) in [5, 5.41) is 0. The molecule has 32 heavy (non-hydrogen) atoms. The standard InChI is InChI=1S/C21H25FN6O4/c1-3-9-27-18(29)14(16(23)25-20(27)31)13(11-7-5-6-8-12(11)22)15-17(24)26-21(32)28(10-4-2)19(15)30/h5-8,13H,3-4,9-10,23-24H2,1-2H3,(H,25,31)(H,26,32). The fourth-order valence-corrected chi connectivity index (χ4v) is 3.78. The topological polar surface area (TPSA) is 162 Å². The zero-order valence-electron chi connectivity index (χ0n) is 17.8. The van der Waals surface area contributed by atoms with Crippen LogP contribution in [0.15, 0.2) is 43.4 Å². The molecule has 0 aliphatic carbocycles. The Morgan fingerprint density at radius 1 is 0.844 bits per heavy atom. The summed E-state index contributed by atoms with van der Waals surface area (Å²) in [6.07, 6.45) is 0.946. The van der Waals surface area contributed by atoms with Gasteiger partial charge >= 0.3 is 11.4 Å². The van der Waals surface area contributed by atoms with Crippen molar-refractivity contribution < 1.29 is 4.39 Å². The summed E-state index contributed by atoms with van der Waals surface area (Å²) in [5.41, 5.74) is 8.61. The Hall–Kier alpha value is -3.89. The van der Waals surface area contributed by atoms with E-state index in [-0.39, 0.29) is 41.4 Å². The van der Waals surface area contributed by atoms with E-state index in [2.05, 4.69) is 9.97 Å². The zero-order chi connectivity index (χ0) is 23.6. The third-order valence-electron chi connectivity index (χ3n) is 5.19. The molecule has 0 unspecified atom stereocenters.